The largest absolute Gasteiger partial charge is 0.489 e. The number of rotatable bonds is 17. The Balaban J connectivity index is 1.30. The Hall–Kier alpha value is -2.78. The van der Waals surface area contributed by atoms with Crippen molar-refractivity contribution < 1.29 is 32.2 Å². The lowest BCUT2D eigenvalue weighted by Gasteiger charge is -2.52. The number of piperazine rings is 1. The fourth-order valence-corrected chi connectivity index (χ4v) is 10.9. The number of nitrogens with one attached hydrogen (secondary N) is 1. The lowest BCUT2D eigenvalue weighted by atomic mass is 9.63. The molecule has 1 saturated heterocycles. The van der Waals surface area contributed by atoms with E-state index in [2.05, 4.69) is 64.5 Å². The molecule has 1 spiro atoms. The van der Waals surface area contributed by atoms with Crippen molar-refractivity contribution in [1.29, 1.82) is 0 Å². The normalized spacial score (nSPS) is 24.7. The van der Waals surface area contributed by atoms with Crippen LogP contribution in [-0.4, -0.2) is 132 Å². The molecule has 2 aliphatic carbocycles. The van der Waals surface area contributed by atoms with E-state index in [1.807, 2.05) is 13.2 Å². The summed E-state index contributed by atoms with van der Waals surface area (Å²) >= 11 is 6.52. The lowest BCUT2D eigenvalue weighted by Crippen LogP contribution is -2.61. The molecule has 5 atom stereocenters. The number of aryl methyl sites for hydroxylation is 1. The quantitative estimate of drug-likeness (QED) is 0.186. The van der Waals surface area contributed by atoms with Gasteiger partial charge in [0.25, 0.3) is 5.91 Å². The number of sulfonamides is 1. The van der Waals surface area contributed by atoms with E-state index in [1.165, 1.54) is 18.2 Å². The molecule has 4 aliphatic rings. The molecule has 58 heavy (non-hydrogen) atoms. The molecule has 1 aromatic heterocycles. The van der Waals surface area contributed by atoms with Gasteiger partial charge in [-0.3, -0.25) is 14.6 Å². The Kier molecular flexibility index (Phi) is 14.6. The second-order valence-electron chi connectivity index (χ2n) is 17.6. The Bertz CT molecular complexity index is 1870. The maximum atomic E-state index is 13.6. The van der Waals surface area contributed by atoms with Crippen LogP contribution in [0, 0.1) is 11.8 Å². The number of pyridine rings is 1. The molecule has 1 saturated carbocycles. The third-order valence-electron chi connectivity index (χ3n) is 13.3. The highest BCUT2D eigenvalue weighted by Gasteiger charge is 2.50. The van der Waals surface area contributed by atoms with Crippen molar-refractivity contribution >= 4 is 33.3 Å². The molecule has 2 fully saturated rings. The molecule has 1 N–H and O–H groups in total. The summed E-state index contributed by atoms with van der Waals surface area (Å²) in [6.45, 7) is 15.6. The molecule has 2 aliphatic heterocycles. The van der Waals surface area contributed by atoms with Crippen LogP contribution in [0.25, 0.3) is 0 Å². The number of ether oxygens (including phenoxy) is 4. The summed E-state index contributed by atoms with van der Waals surface area (Å²) in [7, 11) is 1.19. The second kappa shape index (κ2) is 18.9. The number of methoxy groups -OCH3 is 3. The summed E-state index contributed by atoms with van der Waals surface area (Å²) in [5.41, 5.74) is 1.66. The van der Waals surface area contributed by atoms with Crippen LogP contribution < -0.4 is 14.4 Å². The van der Waals surface area contributed by atoms with Crippen molar-refractivity contribution in [3.05, 3.63) is 64.3 Å². The number of hydrogen-bond donors (Lipinski definition) is 1. The Morgan fingerprint density at radius 2 is 1.90 bits per heavy atom. The van der Waals surface area contributed by atoms with Gasteiger partial charge in [-0.2, -0.15) is 0 Å². The molecule has 3 heterocycles. The maximum Gasteiger partial charge on any atom is 0.283 e. The molecule has 0 bridgehead atoms. The third-order valence-corrected chi connectivity index (χ3v) is 15.3. The van der Waals surface area contributed by atoms with Crippen molar-refractivity contribution in [2.45, 2.75) is 94.4 Å². The van der Waals surface area contributed by atoms with Crippen molar-refractivity contribution in [3.8, 4) is 5.75 Å². The summed E-state index contributed by atoms with van der Waals surface area (Å²) in [6.07, 6.45) is 10.7. The van der Waals surface area contributed by atoms with Gasteiger partial charge in [-0.15, -0.1) is 0 Å². The van der Waals surface area contributed by atoms with E-state index in [4.69, 9.17) is 35.5 Å². The average molecular weight is 845 g/mol. The van der Waals surface area contributed by atoms with Crippen molar-refractivity contribution in [2.24, 2.45) is 11.8 Å². The van der Waals surface area contributed by atoms with Gasteiger partial charge >= 0.3 is 0 Å². The highest BCUT2D eigenvalue weighted by molar-refractivity contribution is 7.90. The fourth-order valence-electron chi connectivity index (χ4n) is 9.74. The van der Waals surface area contributed by atoms with Crippen LogP contribution in [-0.2, 0) is 36.1 Å². The summed E-state index contributed by atoms with van der Waals surface area (Å²) in [5.74, 6) is 0.886. The van der Waals surface area contributed by atoms with Crippen LogP contribution >= 0.6 is 11.6 Å². The van der Waals surface area contributed by atoms with Crippen LogP contribution in [0.5, 0.6) is 5.75 Å². The highest BCUT2D eigenvalue weighted by atomic mass is 35.5. The van der Waals surface area contributed by atoms with Gasteiger partial charge in [0.15, 0.2) is 11.6 Å². The van der Waals surface area contributed by atoms with E-state index in [1.54, 1.807) is 26.2 Å². The van der Waals surface area contributed by atoms with E-state index in [0.29, 0.717) is 37.9 Å². The summed E-state index contributed by atoms with van der Waals surface area (Å²) in [6, 6.07) is 9.54. The second-order valence-corrected chi connectivity index (χ2v) is 20.1. The topological polar surface area (TPSA) is 123 Å². The minimum atomic E-state index is -3.96. The van der Waals surface area contributed by atoms with Crippen molar-refractivity contribution in [2.75, 3.05) is 91.9 Å². The van der Waals surface area contributed by atoms with Gasteiger partial charge < -0.3 is 23.8 Å². The minimum Gasteiger partial charge on any atom is -0.489 e. The zero-order valence-electron chi connectivity index (χ0n) is 35.7. The average Bonchev–Trinajstić information content (AvgIpc) is 3.34. The first-order valence-corrected chi connectivity index (χ1v) is 23.0. The smallest absolute Gasteiger partial charge is 0.283 e. The lowest BCUT2D eigenvalue weighted by molar-refractivity contribution is -0.0992. The maximum absolute atomic E-state index is 13.6. The molecule has 2 aromatic rings. The number of halogens is 1. The molecule has 0 unspecified atom stereocenters. The fraction of sp³-hybridized carbons (Fsp3) is 0.682. The number of fused-ring (bicyclic) bond motifs is 3. The molecule has 12 nitrogen and oxygen atoms in total. The summed E-state index contributed by atoms with van der Waals surface area (Å²) < 4.78 is 52.5. The Morgan fingerprint density at radius 3 is 2.57 bits per heavy atom. The van der Waals surface area contributed by atoms with E-state index in [9.17, 15) is 13.2 Å². The number of allylic oxidation sites excluding steroid dienone is 1. The number of hydrogen-bond acceptors (Lipinski definition) is 11. The molecule has 14 heteroatoms. The standard InChI is InChI=1S/C44H66ClN5O7S/c1-8-9-20-44(56-7,29-48-21-23-50(24-22-48)42(3,4)30-55-6)37-14-12-34(37)27-49-28-43(19-10-11-33-26-35(45)13-15-36(33)43)31-57-39-17-16-38(46-40(39)49)41(51)47-58(52,53)32(2)18-25-54-5/h9,13,15-17,20,26,32,34,37H,8,10-12,14,18-19,21-25,27-31H2,1-7H3,(H,47,51)/b20-9+/t32-,34-,37+,43-,44+/m0/s1. The van der Waals surface area contributed by atoms with E-state index >= 15 is 0 Å². The van der Waals surface area contributed by atoms with Gasteiger partial charge in [-0.1, -0.05) is 36.7 Å². The number of anilines is 1. The predicted molar refractivity (Wildman–Crippen MR) is 230 cm³/mol. The van der Waals surface area contributed by atoms with Gasteiger partial charge in [0.2, 0.25) is 10.0 Å². The SMILES string of the molecule is CC/C=C/[C@](CN1CCN(C(C)(C)COC)CC1)(OC)[C@@H]1CC[C@H]1CN1C[C@@]2(CCCc3cc(Cl)ccc32)COc2ccc(C(=O)NS(=O)(=O)[C@@H](C)CCOC)nc21. The highest BCUT2D eigenvalue weighted by Crippen LogP contribution is 2.49. The van der Waals surface area contributed by atoms with Crippen LogP contribution in [0.3, 0.4) is 0 Å². The Morgan fingerprint density at radius 1 is 1.12 bits per heavy atom. The molecule has 6 rings (SSSR count). The van der Waals surface area contributed by atoms with Gasteiger partial charge in [0, 0.05) is 89.7 Å². The van der Waals surface area contributed by atoms with Crippen LogP contribution in [0.15, 0.2) is 42.5 Å². The first-order valence-electron chi connectivity index (χ1n) is 21.1. The number of benzene rings is 1. The van der Waals surface area contributed by atoms with Gasteiger partial charge in [0.1, 0.15) is 11.3 Å². The van der Waals surface area contributed by atoms with Crippen molar-refractivity contribution in [3.63, 3.8) is 0 Å². The van der Waals surface area contributed by atoms with Gasteiger partial charge in [-0.25, -0.2) is 18.1 Å². The number of nitrogens with zero attached hydrogens (tertiary/aromatic N) is 4. The monoisotopic (exact) mass is 843 g/mol. The molecular weight excluding hydrogens is 778 g/mol. The Labute approximate surface area is 352 Å². The third kappa shape index (κ3) is 9.72. The molecule has 0 radical (unpaired) electrons. The molecule has 1 aromatic carbocycles. The molecular formula is C44H66ClN5O7S. The van der Waals surface area contributed by atoms with Crippen LogP contribution in [0.1, 0.15) is 87.8 Å². The van der Waals surface area contributed by atoms with Crippen LogP contribution in [0.4, 0.5) is 5.82 Å². The number of aromatic nitrogens is 1. The van der Waals surface area contributed by atoms with E-state index in [0.717, 1.165) is 76.3 Å². The van der Waals surface area contributed by atoms with Crippen molar-refractivity contribution in [1.82, 2.24) is 19.5 Å². The zero-order chi connectivity index (χ0) is 41.7. The zero-order valence-corrected chi connectivity index (χ0v) is 37.3. The first kappa shape index (κ1) is 44.8. The number of carbonyl (C=O) groups is 1. The summed E-state index contributed by atoms with van der Waals surface area (Å²) in [5, 5.41) is -0.0933. The van der Waals surface area contributed by atoms with Gasteiger partial charge in [0.05, 0.1) is 18.5 Å². The number of amides is 1. The first-order chi connectivity index (χ1) is 27.7. The summed E-state index contributed by atoms with van der Waals surface area (Å²) in [4.78, 5) is 25.9. The van der Waals surface area contributed by atoms with Gasteiger partial charge in [-0.05, 0) is 113 Å². The van der Waals surface area contributed by atoms with Crippen LogP contribution in [0.2, 0.25) is 5.02 Å². The minimum absolute atomic E-state index is 0.0248. The van der Waals surface area contributed by atoms with E-state index in [-0.39, 0.29) is 41.5 Å². The van der Waals surface area contributed by atoms with E-state index < -0.39 is 26.8 Å². The number of carbonyl (C=O) groups excluding carboxylic acids is 1. The molecule has 1 amide bonds. The predicted octanol–water partition coefficient (Wildman–Crippen LogP) is 6.11. The molecule has 322 valence electrons.